The van der Waals surface area contributed by atoms with E-state index in [1.807, 2.05) is 0 Å². The zero-order chi connectivity index (χ0) is 21.6. The lowest BCUT2D eigenvalue weighted by Crippen LogP contribution is -2.53. The highest BCUT2D eigenvalue weighted by molar-refractivity contribution is 5.69. The SMILES string of the molecule is Oc1cc(O)c2c(c1)[OH+]C(c1ccc(O)c(O)c1)C(O[C@@H]1OC[C@H](O)[C@H](O)[C@H]1O)=C2. The monoisotopic (exact) mass is 421 g/mol. The highest BCUT2D eigenvalue weighted by Crippen LogP contribution is 2.46. The van der Waals surface area contributed by atoms with Crippen LogP contribution in [0.1, 0.15) is 17.2 Å². The number of phenols is 4. The molecule has 0 amide bonds. The van der Waals surface area contributed by atoms with Crippen LogP contribution in [0.5, 0.6) is 28.7 Å². The Morgan fingerprint density at radius 2 is 1.67 bits per heavy atom. The maximum absolute atomic E-state index is 10.2. The summed E-state index contributed by atoms with van der Waals surface area (Å²) in [6, 6.07) is 6.48. The van der Waals surface area contributed by atoms with Crippen molar-refractivity contribution < 1.29 is 50.0 Å². The number of hydrogen-bond donors (Lipinski definition) is 7. The predicted octanol–water partition coefficient (Wildman–Crippen LogP) is 0.302. The van der Waals surface area contributed by atoms with Gasteiger partial charge in [-0.3, -0.25) is 0 Å². The quantitative estimate of drug-likeness (QED) is 0.272. The molecule has 5 atom stereocenters. The molecule has 10 nitrogen and oxygen atoms in total. The number of hydrogen-bond acceptors (Lipinski definition) is 9. The summed E-state index contributed by atoms with van der Waals surface area (Å²) in [6.45, 7) is -0.270. The molecule has 0 saturated carbocycles. The predicted molar refractivity (Wildman–Crippen MR) is 101 cm³/mol. The van der Waals surface area contributed by atoms with Crippen LogP contribution >= 0.6 is 0 Å². The summed E-state index contributed by atoms with van der Waals surface area (Å²) >= 11 is 0. The highest BCUT2D eigenvalue weighted by atomic mass is 16.7. The normalized spacial score (nSPS) is 28.2. The van der Waals surface area contributed by atoms with Crippen molar-refractivity contribution in [2.45, 2.75) is 30.7 Å². The summed E-state index contributed by atoms with van der Waals surface area (Å²) < 4.78 is 15.5. The van der Waals surface area contributed by atoms with Gasteiger partial charge in [-0.15, -0.1) is 0 Å². The molecule has 0 spiro atoms. The molecular weight excluding hydrogens is 400 g/mol. The van der Waals surface area contributed by atoms with Crippen LogP contribution in [0.3, 0.4) is 0 Å². The summed E-state index contributed by atoms with van der Waals surface area (Å²) in [6.07, 6.45) is -5.12. The Kier molecular flexibility index (Phi) is 5.08. The van der Waals surface area contributed by atoms with Gasteiger partial charge in [0.15, 0.2) is 17.3 Å². The zero-order valence-corrected chi connectivity index (χ0v) is 15.5. The lowest BCUT2D eigenvalue weighted by atomic mass is 10.0. The Balaban J connectivity index is 1.73. The Labute approximate surface area is 170 Å². The first-order valence-corrected chi connectivity index (χ1v) is 9.07. The molecule has 0 bridgehead atoms. The first-order chi connectivity index (χ1) is 14.2. The third-order valence-corrected chi connectivity index (χ3v) is 4.97. The van der Waals surface area contributed by atoms with Crippen LogP contribution in [0.15, 0.2) is 36.1 Å². The van der Waals surface area contributed by atoms with Gasteiger partial charge in [-0.1, -0.05) is 0 Å². The number of fused-ring (bicyclic) bond motifs is 1. The van der Waals surface area contributed by atoms with Crippen LogP contribution in [-0.4, -0.2) is 71.7 Å². The number of aliphatic hydroxyl groups is 4. The lowest BCUT2D eigenvalue weighted by Gasteiger charge is -2.36. The molecule has 1 fully saturated rings. The van der Waals surface area contributed by atoms with Gasteiger partial charge in [0.25, 0.3) is 11.9 Å². The Hall–Kier alpha value is -3.18. The van der Waals surface area contributed by atoms with Gasteiger partial charge >= 0.3 is 0 Å². The molecule has 0 aromatic heterocycles. The average molecular weight is 421 g/mol. The molecule has 2 aromatic carbocycles. The highest BCUT2D eigenvalue weighted by Gasteiger charge is 2.42. The molecule has 0 radical (unpaired) electrons. The van der Waals surface area contributed by atoms with Crippen molar-refractivity contribution >= 4 is 6.08 Å². The van der Waals surface area contributed by atoms with Crippen molar-refractivity contribution in [1.29, 1.82) is 0 Å². The standard InChI is InChI=1S/C20H20O10/c21-9-4-12(23)10-6-16(30-20-18(27)17(26)14(25)7-28-20)19(29-15(10)5-9)8-1-2-11(22)13(24)3-8/h1-6,14,17-27H,7H2/p+1/t14-,17-,18+,19?,20-/m0/s1. The maximum atomic E-state index is 10.2. The molecular formula is C20H21O10+. The smallest absolute Gasteiger partial charge is 0.270 e. The van der Waals surface area contributed by atoms with Crippen molar-refractivity contribution in [2.75, 3.05) is 6.61 Å². The molecule has 2 heterocycles. The van der Waals surface area contributed by atoms with Gasteiger partial charge in [0, 0.05) is 12.1 Å². The molecule has 8 N–H and O–H groups in total. The number of ether oxygens (including phenoxy) is 3. The van der Waals surface area contributed by atoms with Crippen LogP contribution in [-0.2, 0) is 9.47 Å². The Morgan fingerprint density at radius 3 is 2.40 bits per heavy atom. The van der Waals surface area contributed by atoms with E-state index in [0.717, 1.165) is 6.07 Å². The number of rotatable bonds is 3. The number of benzene rings is 2. The first-order valence-electron chi connectivity index (χ1n) is 9.07. The van der Waals surface area contributed by atoms with Gasteiger partial charge in [0.2, 0.25) is 6.29 Å². The molecule has 0 aliphatic carbocycles. The minimum Gasteiger partial charge on any atom is -0.571 e. The summed E-state index contributed by atoms with van der Waals surface area (Å²) in [5.41, 5.74) is 0.642. The minimum absolute atomic E-state index is 0.0984. The van der Waals surface area contributed by atoms with Crippen molar-refractivity contribution in [2.24, 2.45) is 0 Å². The van der Waals surface area contributed by atoms with Gasteiger partial charge in [-0.05, 0) is 18.2 Å². The van der Waals surface area contributed by atoms with Crippen LogP contribution in [0.25, 0.3) is 6.08 Å². The molecule has 160 valence electrons. The van der Waals surface area contributed by atoms with E-state index in [4.69, 9.17) is 9.47 Å². The second kappa shape index (κ2) is 7.58. The molecule has 10 heteroatoms. The first kappa shape index (κ1) is 20.1. The average Bonchev–Trinajstić information content (AvgIpc) is 2.70. The number of phenolic OH excluding ortho intramolecular Hbond substituents is 4. The van der Waals surface area contributed by atoms with Crippen molar-refractivity contribution in [3.8, 4) is 28.7 Å². The fraction of sp³-hybridized carbons (Fsp3) is 0.300. The second-order valence-corrected chi connectivity index (χ2v) is 7.09. The van der Waals surface area contributed by atoms with E-state index >= 15 is 0 Å². The summed E-state index contributed by atoms with van der Waals surface area (Å²) in [4.78, 5) is 0. The van der Waals surface area contributed by atoms with Crippen molar-refractivity contribution in [1.82, 2.24) is 0 Å². The fourth-order valence-electron chi connectivity index (χ4n) is 3.35. The third-order valence-electron chi connectivity index (χ3n) is 4.97. The number of aliphatic hydroxyl groups excluding tert-OH is 3. The van der Waals surface area contributed by atoms with E-state index in [2.05, 4.69) is 4.74 Å². The van der Waals surface area contributed by atoms with Crippen molar-refractivity contribution in [3.05, 3.63) is 47.2 Å². The molecule has 2 aliphatic rings. The minimum atomic E-state index is -1.56. The van der Waals surface area contributed by atoms with Crippen molar-refractivity contribution in [3.63, 3.8) is 0 Å². The summed E-state index contributed by atoms with van der Waals surface area (Å²) in [5.74, 6) is -0.844. The van der Waals surface area contributed by atoms with Crippen LogP contribution < -0.4 is 0 Å². The molecule has 30 heavy (non-hydrogen) atoms. The molecule has 4 rings (SSSR count). The topological polar surface area (TPSA) is 173 Å². The molecule has 2 aromatic rings. The van der Waals surface area contributed by atoms with E-state index in [1.54, 1.807) is 0 Å². The van der Waals surface area contributed by atoms with Crippen LogP contribution in [0, 0.1) is 0 Å². The summed E-state index contributed by atoms with van der Waals surface area (Å²) in [5, 5.41) is 69.1. The van der Waals surface area contributed by atoms with Crippen LogP contribution in [0.4, 0.5) is 0 Å². The number of aromatic hydroxyl groups is 5. The molecule has 2 aliphatic heterocycles. The van der Waals surface area contributed by atoms with E-state index < -0.39 is 30.7 Å². The Morgan fingerprint density at radius 1 is 0.900 bits per heavy atom. The van der Waals surface area contributed by atoms with E-state index in [1.165, 1.54) is 30.3 Å². The van der Waals surface area contributed by atoms with Gasteiger partial charge in [-0.2, -0.15) is 0 Å². The largest absolute Gasteiger partial charge is 0.571 e. The zero-order valence-electron chi connectivity index (χ0n) is 15.5. The van der Waals surface area contributed by atoms with E-state index in [-0.39, 0.29) is 46.7 Å². The lowest BCUT2D eigenvalue weighted by molar-refractivity contribution is -0.263. The van der Waals surface area contributed by atoms with E-state index in [0.29, 0.717) is 5.56 Å². The van der Waals surface area contributed by atoms with Gasteiger partial charge in [0.05, 0.1) is 18.2 Å². The Bertz CT molecular complexity index is 988. The summed E-state index contributed by atoms with van der Waals surface area (Å²) in [7, 11) is 0. The fourth-order valence-corrected chi connectivity index (χ4v) is 3.35. The van der Waals surface area contributed by atoms with E-state index in [9.17, 15) is 35.7 Å². The van der Waals surface area contributed by atoms with Crippen LogP contribution in [0.2, 0.25) is 0 Å². The van der Waals surface area contributed by atoms with Gasteiger partial charge in [0.1, 0.15) is 35.4 Å². The van der Waals surface area contributed by atoms with Gasteiger partial charge in [-0.25, -0.2) is 0 Å². The molecule has 1 saturated heterocycles. The van der Waals surface area contributed by atoms with Gasteiger partial charge < -0.3 is 50.0 Å². The molecule has 1 unspecified atom stereocenters. The maximum Gasteiger partial charge on any atom is 0.270 e. The second-order valence-electron chi connectivity index (χ2n) is 7.09. The third kappa shape index (κ3) is 3.57.